The fourth-order valence-corrected chi connectivity index (χ4v) is 3.68. The molecule has 7 heteroatoms. The highest BCUT2D eigenvalue weighted by atomic mass is 79.9. The number of ether oxygens (including phenoxy) is 1. The predicted molar refractivity (Wildman–Crippen MR) is 125 cm³/mol. The van der Waals surface area contributed by atoms with Gasteiger partial charge in [-0.15, -0.1) is 10.2 Å². The van der Waals surface area contributed by atoms with Gasteiger partial charge in [-0.25, -0.2) is 0 Å². The lowest BCUT2D eigenvalue weighted by molar-refractivity contribution is 0.305. The van der Waals surface area contributed by atoms with Crippen molar-refractivity contribution in [3.05, 3.63) is 94.5 Å². The van der Waals surface area contributed by atoms with Crippen molar-refractivity contribution >= 4 is 33.9 Å². The second-order valence-electron chi connectivity index (χ2n) is 6.39. The Labute approximate surface area is 187 Å². The third-order valence-electron chi connectivity index (χ3n) is 4.35. The first-order chi connectivity index (χ1) is 14.7. The van der Waals surface area contributed by atoms with Gasteiger partial charge in [-0.1, -0.05) is 88.4 Å². The zero-order chi connectivity index (χ0) is 20.8. The molecule has 0 bridgehead atoms. The van der Waals surface area contributed by atoms with Gasteiger partial charge in [0.15, 0.2) is 5.82 Å². The SMILES string of the molecule is CSc1nnc(-c2ccccc2)n1/N=C\c1cc(Br)ccc1OCc1ccccc1. The van der Waals surface area contributed by atoms with Gasteiger partial charge in [-0.3, -0.25) is 0 Å². The zero-order valence-corrected chi connectivity index (χ0v) is 18.7. The molecule has 0 saturated carbocycles. The quantitative estimate of drug-likeness (QED) is 0.245. The molecule has 4 rings (SSSR count). The number of hydrogen-bond acceptors (Lipinski definition) is 5. The van der Waals surface area contributed by atoms with Crippen molar-refractivity contribution in [3.8, 4) is 17.1 Å². The summed E-state index contributed by atoms with van der Waals surface area (Å²) < 4.78 is 8.77. The number of halogens is 1. The molecular weight excluding hydrogens is 460 g/mol. The average molecular weight is 479 g/mol. The Morgan fingerprint density at radius 3 is 2.47 bits per heavy atom. The van der Waals surface area contributed by atoms with E-state index in [1.165, 1.54) is 11.8 Å². The third-order valence-corrected chi connectivity index (χ3v) is 5.46. The van der Waals surface area contributed by atoms with Gasteiger partial charge in [0.2, 0.25) is 5.16 Å². The minimum absolute atomic E-state index is 0.487. The second kappa shape index (κ2) is 9.73. The van der Waals surface area contributed by atoms with Crippen LogP contribution in [0.1, 0.15) is 11.1 Å². The van der Waals surface area contributed by atoms with Gasteiger partial charge in [0.1, 0.15) is 12.4 Å². The van der Waals surface area contributed by atoms with Crippen LogP contribution in [0, 0.1) is 0 Å². The molecule has 0 fully saturated rings. The molecule has 1 aromatic heterocycles. The van der Waals surface area contributed by atoms with Crippen LogP contribution in [0.4, 0.5) is 0 Å². The van der Waals surface area contributed by atoms with Gasteiger partial charge >= 0.3 is 0 Å². The summed E-state index contributed by atoms with van der Waals surface area (Å²) in [6, 6.07) is 25.9. The molecule has 30 heavy (non-hydrogen) atoms. The fraction of sp³-hybridized carbons (Fsp3) is 0.0870. The highest BCUT2D eigenvalue weighted by Gasteiger charge is 2.13. The van der Waals surface area contributed by atoms with Crippen LogP contribution in [-0.2, 0) is 6.61 Å². The molecule has 150 valence electrons. The normalized spacial score (nSPS) is 11.1. The molecule has 0 amide bonds. The lowest BCUT2D eigenvalue weighted by atomic mass is 10.2. The molecule has 0 unspecified atom stereocenters. The first-order valence-corrected chi connectivity index (χ1v) is 11.3. The van der Waals surface area contributed by atoms with Crippen LogP contribution in [-0.4, -0.2) is 27.3 Å². The van der Waals surface area contributed by atoms with Crippen molar-refractivity contribution in [1.82, 2.24) is 14.9 Å². The molecular formula is C23H19BrN4OS. The summed E-state index contributed by atoms with van der Waals surface area (Å²) in [4.78, 5) is 0. The van der Waals surface area contributed by atoms with E-state index in [1.807, 2.05) is 85.1 Å². The molecule has 0 N–H and O–H groups in total. The van der Waals surface area contributed by atoms with Gasteiger partial charge < -0.3 is 4.74 Å². The Morgan fingerprint density at radius 1 is 1.00 bits per heavy atom. The summed E-state index contributed by atoms with van der Waals surface area (Å²) in [6.45, 7) is 0.487. The van der Waals surface area contributed by atoms with E-state index in [2.05, 4.69) is 31.2 Å². The summed E-state index contributed by atoms with van der Waals surface area (Å²) >= 11 is 5.03. The lowest BCUT2D eigenvalue weighted by Gasteiger charge is -2.10. The number of rotatable bonds is 7. The first-order valence-electron chi connectivity index (χ1n) is 9.30. The Morgan fingerprint density at radius 2 is 1.73 bits per heavy atom. The smallest absolute Gasteiger partial charge is 0.212 e. The molecule has 3 aromatic carbocycles. The summed E-state index contributed by atoms with van der Waals surface area (Å²) in [5, 5.41) is 14.0. The fourth-order valence-electron chi connectivity index (χ4n) is 2.87. The first kappa shape index (κ1) is 20.4. The summed E-state index contributed by atoms with van der Waals surface area (Å²) in [5.74, 6) is 1.45. The van der Waals surface area contributed by atoms with Gasteiger partial charge in [-0.2, -0.15) is 9.78 Å². The number of aromatic nitrogens is 3. The number of benzene rings is 3. The Hall–Kier alpha value is -2.90. The van der Waals surface area contributed by atoms with Crippen LogP contribution < -0.4 is 4.74 Å². The third kappa shape index (κ3) is 4.80. The number of nitrogens with zero attached hydrogens (tertiary/aromatic N) is 4. The maximum Gasteiger partial charge on any atom is 0.212 e. The highest BCUT2D eigenvalue weighted by molar-refractivity contribution is 9.10. The van der Waals surface area contributed by atoms with Crippen molar-refractivity contribution in [2.75, 3.05) is 6.26 Å². The topological polar surface area (TPSA) is 52.3 Å². The number of hydrogen-bond donors (Lipinski definition) is 0. The van der Waals surface area contributed by atoms with E-state index in [4.69, 9.17) is 4.74 Å². The highest BCUT2D eigenvalue weighted by Crippen LogP contribution is 2.25. The molecule has 4 aromatic rings. The van der Waals surface area contributed by atoms with Gasteiger partial charge in [0, 0.05) is 15.6 Å². The Bertz CT molecular complexity index is 1150. The maximum absolute atomic E-state index is 6.06. The molecule has 0 radical (unpaired) electrons. The molecule has 0 saturated heterocycles. The average Bonchev–Trinajstić information content (AvgIpc) is 3.21. The largest absolute Gasteiger partial charge is 0.488 e. The Kier molecular flexibility index (Phi) is 6.61. The molecule has 0 aliphatic rings. The molecule has 0 aliphatic heterocycles. The molecule has 0 spiro atoms. The van der Waals surface area contributed by atoms with Crippen LogP contribution >= 0.6 is 27.7 Å². The standard InChI is InChI=1S/C23H19BrN4OS/c1-30-23-27-26-22(18-10-6-3-7-11-18)28(23)25-15-19-14-20(24)12-13-21(19)29-16-17-8-4-2-5-9-17/h2-15H,16H2,1H3/b25-15-. The van der Waals surface area contributed by atoms with E-state index in [9.17, 15) is 0 Å². The zero-order valence-electron chi connectivity index (χ0n) is 16.3. The van der Waals surface area contributed by atoms with E-state index in [0.717, 1.165) is 26.9 Å². The monoisotopic (exact) mass is 478 g/mol. The lowest BCUT2D eigenvalue weighted by Crippen LogP contribution is -2.00. The second-order valence-corrected chi connectivity index (χ2v) is 8.08. The van der Waals surface area contributed by atoms with Gasteiger partial charge in [0.25, 0.3) is 0 Å². The van der Waals surface area contributed by atoms with Crippen LogP contribution in [0.2, 0.25) is 0 Å². The van der Waals surface area contributed by atoms with Crippen LogP contribution in [0.3, 0.4) is 0 Å². The summed E-state index contributed by atoms with van der Waals surface area (Å²) in [5.41, 5.74) is 2.93. The molecule has 5 nitrogen and oxygen atoms in total. The minimum Gasteiger partial charge on any atom is -0.488 e. The molecule has 1 heterocycles. The van der Waals surface area contributed by atoms with Crippen molar-refractivity contribution in [3.63, 3.8) is 0 Å². The van der Waals surface area contributed by atoms with Crippen molar-refractivity contribution in [1.29, 1.82) is 0 Å². The minimum atomic E-state index is 0.487. The van der Waals surface area contributed by atoms with Gasteiger partial charge in [-0.05, 0) is 30.0 Å². The predicted octanol–water partition coefficient (Wildman–Crippen LogP) is 5.89. The van der Waals surface area contributed by atoms with Gasteiger partial charge in [0.05, 0.1) is 6.21 Å². The van der Waals surface area contributed by atoms with E-state index < -0.39 is 0 Å². The van der Waals surface area contributed by atoms with E-state index in [0.29, 0.717) is 17.6 Å². The van der Waals surface area contributed by atoms with Crippen LogP contribution in [0.5, 0.6) is 5.75 Å². The van der Waals surface area contributed by atoms with E-state index in [-0.39, 0.29) is 0 Å². The summed E-state index contributed by atoms with van der Waals surface area (Å²) in [7, 11) is 0. The van der Waals surface area contributed by atoms with E-state index >= 15 is 0 Å². The number of thioether (sulfide) groups is 1. The van der Waals surface area contributed by atoms with Crippen molar-refractivity contribution < 1.29 is 4.74 Å². The van der Waals surface area contributed by atoms with Crippen molar-refractivity contribution in [2.24, 2.45) is 5.10 Å². The van der Waals surface area contributed by atoms with Crippen LogP contribution in [0.15, 0.2) is 93.6 Å². The van der Waals surface area contributed by atoms with Crippen LogP contribution in [0.25, 0.3) is 11.4 Å². The van der Waals surface area contributed by atoms with Crippen molar-refractivity contribution in [2.45, 2.75) is 11.8 Å². The summed E-state index contributed by atoms with van der Waals surface area (Å²) in [6.07, 6.45) is 3.74. The maximum atomic E-state index is 6.06. The molecule has 0 aliphatic carbocycles. The Balaban J connectivity index is 1.64. The molecule has 0 atom stereocenters. The van der Waals surface area contributed by atoms with E-state index in [1.54, 1.807) is 10.9 Å².